The van der Waals surface area contributed by atoms with E-state index in [1.54, 1.807) is 0 Å². The quantitative estimate of drug-likeness (QED) is 0.628. The summed E-state index contributed by atoms with van der Waals surface area (Å²) >= 11 is 4.33. The lowest BCUT2D eigenvalue weighted by molar-refractivity contribution is 0.260. The van der Waals surface area contributed by atoms with Crippen molar-refractivity contribution in [3.05, 3.63) is 0 Å². The SMILES string of the molecule is CC(C)CC1CCN(S)CC1. The van der Waals surface area contributed by atoms with E-state index < -0.39 is 0 Å². The summed E-state index contributed by atoms with van der Waals surface area (Å²) in [6, 6.07) is 0. The first-order valence-corrected chi connectivity index (χ1v) is 5.02. The van der Waals surface area contributed by atoms with Crippen LogP contribution >= 0.6 is 12.8 Å². The Kier molecular flexibility index (Phi) is 3.73. The lowest BCUT2D eigenvalue weighted by atomic mass is 9.89. The van der Waals surface area contributed by atoms with Crippen LogP contribution in [0.5, 0.6) is 0 Å². The molecular weight excluding hydrogens is 154 g/mol. The summed E-state index contributed by atoms with van der Waals surface area (Å²) in [5.41, 5.74) is 0. The molecule has 66 valence electrons. The second-order valence-corrected chi connectivity index (χ2v) is 4.59. The molecule has 0 amide bonds. The zero-order valence-corrected chi connectivity index (χ0v) is 8.48. The fourth-order valence-corrected chi connectivity index (χ4v) is 2.05. The molecule has 11 heavy (non-hydrogen) atoms. The third kappa shape index (κ3) is 3.48. The highest BCUT2D eigenvalue weighted by molar-refractivity contribution is 7.77. The van der Waals surface area contributed by atoms with Crippen molar-refractivity contribution in [3.8, 4) is 0 Å². The average Bonchev–Trinajstić information content (AvgIpc) is 1.93. The third-order valence-electron chi connectivity index (χ3n) is 2.40. The highest BCUT2D eigenvalue weighted by Crippen LogP contribution is 2.24. The van der Waals surface area contributed by atoms with Gasteiger partial charge in [0.1, 0.15) is 0 Å². The maximum atomic E-state index is 4.33. The van der Waals surface area contributed by atoms with Crippen molar-refractivity contribution < 1.29 is 0 Å². The Morgan fingerprint density at radius 2 is 1.91 bits per heavy atom. The zero-order chi connectivity index (χ0) is 8.27. The standard InChI is InChI=1S/C9H19NS/c1-8(2)7-9-3-5-10(11)6-4-9/h8-9,11H,3-7H2,1-2H3. The van der Waals surface area contributed by atoms with Crippen LogP contribution < -0.4 is 0 Å². The molecule has 1 saturated heterocycles. The van der Waals surface area contributed by atoms with Gasteiger partial charge in [-0.25, -0.2) is 0 Å². The van der Waals surface area contributed by atoms with Crippen molar-refractivity contribution >= 4 is 12.8 Å². The smallest absolute Gasteiger partial charge is 0.00896 e. The molecule has 0 aromatic heterocycles. The van der Waals surface area contributed by atoms with Crippen LogP contribution in [0.1, 0.15) is 33.1 Å². The van der Waals surface area contributed by atoms with Gasteiger partial charge in [0.2, 0.25) is 0 Å². The molecule has 0 saturated carbocycles. The van der Waals surface area contributed by atoms with Crippen molar-refractivity contribution in [2.24, 2.45) is 11.8 Å². The minimum absolute atomic E-state index is 0.867. The maximum Gasteiger partial charge on any atom is 0.00896 e. The summed E-state index contributed by atoms with van der Waals surface area (Å²) in [5.74, 6) is 1.84. The number of hydrogen-bond donors (Lipinski definition) is 1. The van der Waals surface area contributed by atoms with E-state index in [-0.39, 0.29) is 0 Å². The molecule has 0 atom stereocenters. The Balaban J connectivity index is 2.17. The summed E-state index contributed by atoms with van der Waals surface area (Å²) in [6.07, 6.45) is 4.10. The van der Waals surface area contributed by atoms with Crippen LogP contribution in [0.2, 0.25) is 0 Å². The molecule has 0 radical (unpaired) electrons. The van der Waals surface area contributed by atoms with Gasteiger partial charge in [0, 0.05) is 13.1 Å². The molecule has 1 aliphatic heterocycles. The Labute approximate surface area is 75.7 Å². The van der Waals surface area contributed by atoms with Gasteiger partial charge in [-0.2, -0.15) is 0 Å². The van der Waals surface area contributed by atoms with Gasteiger partial charge in [-0.1, -0.05) is 26.7 Å². The van der Waals surface area contributed by atoms with Crippen LogP contribution in [0.15, 0.2) is 0 Å². The highest BCUT2D eigenvalue weighted by Gasteiger charge is 2.17. The summed E-state index contributed by atoms with van der Waals surface area (Å²) in [6.45, 7) is 6.99. The number of nitrogens with zero attached hydrogens (tertiary/aromatic N) is 1. The third-order valence-corrected chi connectivity index (χ3v) is 2.80. The molecule has 0 aromatic carbocycles. The van der Waals surface area contributed by atoms with Gasteiger partial charge in [-0.3, -0.25) is 4.31 Å². The first-order chi connectivity index (χ1) is 5.18. The maximum absolute atomic E-state index is 4.33. The molecule has 1 nitrogen and oxygen atoms in total. The first kappa shape index (κ1) is 9.40. The Bertz CT molecular complexity index is 106. The molecule has 1 aliphatic rings. The second-order valence-electron chi connectivity index (χ2n) is 4.03. The lowest BCUT2D eigenvalue weighted by Gasteiger charge is -2.28. The van der Waals surface area contributed by atoms with Gasteiger partial charge in [0.25, 0.3) is 0 Å². The van der Waals surface area contributed by atoms with Crippen molar-refractivity contribution in [3.63, 3.8) is 0 Å². The zero-order valence-electron chi connectivity index (χ0n) is 7.58. The summed E-state index contributed by atoms with van der Waals surface area (Å²) in [4.78, 5) is 0. The molecule has 0 aliphatic carbocycles. The minimum atomic E-state index is 0.867. The normalized spacial score (nSPS) is 22.9. The first-order valence-electron chi connectivity index (χ1n) is 4.62. The van der Waals surface area contributed by atoms with Crippen LogP contribution in [-0.2, 0) is 0 Å². The van der Waals surface area contributed by atoms with Crippen molar-refractivity contribution in [1.82, 2.24) is 4.31 Å². The molecule has 1 rings (SSSR count). The predicted molar refractivity (Wildman–Crippen MR) is 52.7 cm³/mol. The summed E-state index contributed by atoms with van der Waals surface area (Å²) < 4.78 is 2.14. The van der Waals surface area contributed by atoms with E-state index in [0.717, 1.165) is 11.8 Å². The van der Waals surface area contributed by atoms with Gasteiger partial charge in [-0.05, 0) is 31.1 Å². The fourth-order valence-electron chi connectivity index (χ4n) is 1.82. The van der Waals surface area contributed by atoms with Crippen molar-refractivity contribution in [2.75, 3.05) is 13.1 Å². The van der Waals surface area contributed by atoms with Crippen molar-refractivity contribution in [1.29, 1.82) is 0 Å². The molecule has 0 bridgehead atoms. The monoisotopic (exact) mass is 173 g/mol. The number of rotatable bonds is 2. The molecular formula is C9H19NS. The average molecular weight is 173 g/mol. The molecule has 0 spiro atoms. The van der Waals surface area contributed by atoms with E-state index in [0.29, 0.717) is 0 Å². The molecule has 0 aromatic rings. The second kappa shape index (κ2) is 4.36. The van der Waals surface area contributed by atoms with Crippen LogP contribution in [0.25, 0.3) is 0 Å². The molecule has 0 unspecified atom stereocenters. The number of hydrogen-bond acceptors (Lipinski definition) is 2. The minimum Gasteiger partial charge on any atom is -0.253 e. The van der Waals surface area contributed by atoms with Crippen LogP contribution in [-0.4, -0.2) is 17.4 Å². The highest BCUT2D eigenvalue weighted by atomic mass is 32.1. The topological polar surface area (TPSA) is 3.24 Å². The molecule has 2 heteroatoms. The summed E-state index contributed by atoms with van der Waals surface area (Å²) in [5, 5.41) is 0. The van der Waals surface area contributed by atoms with Gasteiger partial charge < -0.3 is 0 Å². The van der Waals surface area contributed by atoms with Crippen LogP contribution in [0.3, 0.4) is 0 Å². The van der Waals surface area contributed by atoms with E-state index in [4.69, 9.17) is 0 Å². The largest absolute Gasteiger partial charge is 0.253 e. The molecule has 1 heterocycles. The van der Waals surface area contributed by atoms with Crippen molar-refractivity contribution in [2.45, 2.75) is 33.1 Å². The Morgan fingerprint density at radius 1 is 1.36 bits per heavy atom. The Hall–Kier alpha value is 0.310. The fraction of sp³-hybridized carbons (Fsp3) is 1.00. The van der Waals surface area contributed by atoms with Gasteiger partial charge in [-0.15, -0.1) is 0 Å². The van der Waals surface area contributed by atoms with E-state index >= 15 is 0 Å². The number of thiol groups is 1. The Morgan fingerprint density at radius 3 is 2.36 bits per heavy atom. The van der Waals surface area contributed by atoms with E-state index in [9.17, 15) is 0 Å². The van der Waals surface area contributed by atoms with E-state index in [2.05, 4.69) is 31.0 Å². The number of piperidine rings is 1. The molecule has 1 fully saturated rings. The summed E-state index contributed by atoms with van der Waals surface area (Å²) in [7, 11) is 0. The lowest BCUT2D eigenvalue weighted by Crippen LogP contribution is -2.27. The van der Waals surface area contributed by atoms with E-state index in [1.165, 1.54) is 32.4 Å². The van der Waals surface area contributed by atoms with E-state index in [1.807, 2.05) is 0 Å². The van der Waals surface area contributed by atoms with Gasteiger partial charge in [0.15, 0.2) is 0 Å². The predicted octanol–water partition coefficient (Wildman–Crippen LogP) is 2.59. The van der Waals surface area contributed by atoms with Gasteiger partial charge in [0.05, 0.1) is 0 Å². The van der Waals surface area contributed by atoms with Crippen LogP contribution in [0.4, 0.5) is 0 Å². The van der Waals surface area contributed by atoms with Crippen LogP contribution in [0, 0.1) is 11.8 Å². The van der Waals surface area contributed by atoms with Gasteiger partial charge >= 0.3 is 0 Å². The molecule has 0 N–H and O–H groups in total.